The fourth-order valence-electron chi connectivity index (χ4n) is 1.81. The highest BCUT2D eigenvalue weighted by Gasteiger charge is 2.17. The van der Waals surface area contributed by atoms with Crippen LogP contribution in [0.5, 0.6) is 0 Å². The van der Waals surface area contributed by atoms with Crippen molar-refractivity contribution in [1.82, 2.24) is 9.97 Å². The normalized spacial score (nSPS) is 18.0. The highest BCUT2D eigenvalue weighted by molar-refractivity contribution is 8.00. The van der Waals surface area contributed by atoms with Crippen LogP contribution in [0.2, 0.25) is 0 Å². The molecule has 1 aliphatic heterocycles. The van der Waals surface area contributed by atoms with E-state index in [0.29, 0.717) is 11.0 Å². The van der Waals surface area contributed by atoms with Crippen LogP contribution in [-0.2, 0) is 4.74 Å². The topological polar surface area (TPSA) is 48.2 Å². The number of hydrogen-bond donors (Lipinski definition) is 0. The van der Waals surface area contributed by atoms with Crippen LogP contribution < -0.4 is 0 Å². The van der Waals surface area contributed by atoms with Crippen molar-refractivity contribution in [2.24, 2.45) is 0 Å². The summed E-state index contributed by atoms with van der Waals surface area (Å²) < 4.78 is 10.6. The second-order valence-corrected chi connectivity index (χ2v) is 5.04. The molecule has 0 unspecified atom stereocenters. The maximum absolute atomic E-state index is 5.35. The summed E-state index contributed by atoms with van der Waals surface area (Å²) in [7, 11) is 0. The third-order valence-electron chi connectivity index (χ3n) is 2.67. The summed E-state index contributed by atoms with van der Waals surface area (Å²) in [5.74, 6) is 0. The Hall–Kier alpha value is -1.07. The Morgan fingerprint density at radius 2 is 2.12 bits per heavy atom. The Morgan fingerprint density at radius 1 is 1.25 bits per heavy atom. The molecular formula is C11H12N2O2S. The van der Waals surface area contributed by atoms with Gasteiger partial charge in [-0.2, -0.15) is 0 Å². The van der Waals surface area contributed by atoms with Crippen LogP contribution in [0.1, 0.15) is 12.8 Å². The Morgan fingerprint density at radius 3 is 3.00 bits per heavy atom. The van der Waals surface area contributed by atoms with Gasteiger partial charge in [-0.1, -0.05) is 0 Å². The zero-order valence-electron chi connectivity index (χ0n) is 8.76. The molecule has 0 bridgehead atoms. The van der Waals surface area contributed by atoms with Crippen LogP contribution in [0.4, 0.5) is 0 Å². The van der Waals surface area contributed by atoms with E-state index in [9.17, 15) is 0 Å². The lowest BCUT2D eigenvalue weighted by molar-refractivity contribution is 0.1000. The quantitative estimate of drug-likeness (QED) is 0.750. The van der Waals surface area contributed by atoms with Crippen molar-refractivity contribution in [3.05, 3.63) is 18.7 Å². The lowest BCUT2D eigenvalue weighted by Gasteiger charge is -2.20. The highest BCUT2D eigenvalue weighted by atomic mass is 32.2. The summed E-state index contributed by atoms with van der Waals surface area (Å²) in [5.41, 5.74) is 0.671. The van der Waals surface area contributed by atoms with E-state index >= 15 is 0 Å². The molecule has 3 heterocycles. The second-order valence-electron chi connectivity index (χ2n) is 3.75. The van der Waals surface area contributed by atoms with Crippen molar-refractivity contribution < 1.29 is 9.15 Å². The molecule has 1 saturated heterocycles. The van der Waals surface area contributed by atoms with E-state index in [2.05, 4.69) is 9.97 Å². The lowest BCUT2D eigenvalue weighted by atomic mass is 10.2. The number of rotatable bonds is 2. The minimum Gasteiger partial charge on any atom is -0.446 e. The first-order chi connectivity index (χ1) is 7.93. The molecule has 5 heteroatoms. The first kappa shape index (κ1) is 10.1. The van der Waals surface area contributed by atoms with Crippen LogP contribution in [0.15, 0.2) is 28.1 Å². The molecule has 0 atom stereocenters. The van der Waals surface area contributed by atoms with E-state index in [1.807, 2.05) is 17.8 Å². The Labute approximate surface area is 97.4 Å². The van der Waals surface area contributed by atoms with Gasteiger partial charge >= 0.3 is 0 Å². The van der Waals surface area contributed by atoms with Gasteiger partial charge in [0, 0.05) is 18.5 Å². The SMILES string of the molecule is c1nc(SC2CCOCC2)c2ccoc2n1. The first-order valence-corrected chi connectivity index (χ1v) is 6.24. The van der Waals surface area contributed by atoms with Crippen molar-refractivity contribution >= 4 is 22.9 Å². The predicted octanol–water partition coefficient (Wildman–Crippen LogP) is 2.49. The molecule has 4 nitrogen and oxygen atoms in total. The summed E-state index contributed by atoms with van der Waals surface area (Å²) in [6.45, 7) is 1.72. The number of aromatic nitrogens is 2. The van der Waals surface area contributed by atoms with E-state index < -0.39 is 0 Å². The van der Waals surface area contributed by atoms with Crippen LogP contribution in [0.25, 0.3) is 11.1 Å². The molecule has 0 amide bonds. The van der Waals surface area contributed by atoms with Gasteiger partial charge in [0.1, 0.15) is 11.4 Å². The lowest BCUT2D eigenvalue weighted by Crippen LogP contribution is -2.17. The summed E-state index contributed by atoms with van der Waals surface area (Å²) in [6.07, 6.45) is 5.41. The number of thioether (sulfide) groups is 1. The Bertz CT molecular complexity index is 480. The minimum atomic E-state index is 0.599. The number of hydrogen-bond acceptors (Lipinski definition) is 5. The molecule has 2 aromatic rings. The van der Waals surface area contributed by atoms with Crippen LogP contribution in [-0.4, -0.2) is 28.4 Å². The maximum atomic E-state index is 5.35. The maximum Gasteiger partial charge on any atom is 0.230 e. The van der Waals surface area contributed by atoms with Crippen LogP contribution in [0, 0.1) is 0 Å². The molecular weight excluding hydrogens is 224 g/mol. The van der Waals surface area contributed by atoms with Crippen molar-refractivity contribution in [3.8, 4) is 0 Å². The number of ether oxygens (including phenoxy) is 1. The molecule has 0 saturated carbocycles. The van der Waals surface area contributed by atoms with E-state index in [4.69, 9.17) is 9.15 Å². The zero-order valence-corrected chi connectivity index (χ0v) is 9.57. The van der Waals surface area contributed by atoms with E-state index in [0.717, 1.165) is 36.5 Å². The first-order valence-electron chi connectivity index (χ1n) is 5.36. The standard InChI is InChI=1S/C11H12N2O2S/c1-4-14-5-2-8(1)16-11-9-3-6-15-10(9)12-7-13-11/h3,6-8H,1-2,4-5H2. The molecule has 3 rings (SSSR count). The molecule has 0 radical (unpaired) electrons. The van der Waals surface area contributed by atoms with Gasteiger partial charge in [-0.05, 0) is 18.9 Å². The van der Waals surface area contributed by atoms with Crippen molar-refractivity contribution in [2.45, 2.75) is 23.1 Å². The summed E-state index contributed by atoms with van der Waals surface area (Å²) in [5, 5.41) is 2.63. The molecule has 84 valence electrons. The number of fused-ring (bicyclic) bond motifs is 1. The Kier molecular flexibility index (Phi) is 2.80. The fourth-order valence-corrected chi connectivity index (χ4v) is 2.95. The van der Waals surface area contributed by atoms with Gasteiger partial charge in [-0.15, -0.1) is 11.8 Å². The van der Waals surface area contributed by atoms with Crippen LogP contribution in [0.3, 0.4) is 0 Å². The van der Waals surface area contributed by atoms with Gasteiger partial charge in [0.2, 0.25) is 5.71 Å². The van der Waals surface area contributed by atoms with Crippen LogP contribution >= 0.6 is 11.8 Å². The largest absolute Gasteiger partial charge is 0.446 e. The third-order valence-corrected chi connectivity index (χ3v) is 4.03. The zero-order chi connectivity index (χ0) is 10.8. The fraction of sp³-hybridized carbons (Fsp3) is 0.455. The summed E-state index contributed by atoms with van der Waals surface area (Å²) >= 11 is 1.81. The molecule has 2 aromatic heterocycles. The number of nitrogens with zero attached hydrogens (tertiary/aromatic N) is 2. The predicted molar refractivity (Wildman–Crippen MR) is 61.5 cm³/mol. The molecule has 1 fully saturated rings. The van der Waals surface area contributed by atoms with Crippen molar-refractivity contribution in [1.29, 1.82) is 0 Å². The monoisotopic (exact) mass is 236 g/mol. The van der Waals surface area contributed by atoms with Gasteiger partial charge in [-0.3, -0.25) is 0 Å². The molecule has 0 aliphatic carbocycles. The van der Waals surface area contributed by atoms with E-state index in [-0.39, 0.29) is 0 Å². The minimum absolute atomic E-state index is 0.599. The number of furan rings is 1. The van der Waals surface area contributed by atoms with E-state index in [1.165, 1.54) is 0 Å². The van der Waals surface area contributed by atoms with Crippen molar-refractivity contribution in [3.63, 3.8) is 0 Å². The van der Waals surface area contributed by atoms with Gasteiger partial charge in [0.25, 0.3) is 0 Å². The Balaban J connectivity index is 1.85. The molecule has 0 spiro atoms. The molecule has 16 heavy (non-hydrogen) atoms. The molecule has 1 aliphatic rings. The smallest absolute Gasteiger partial charge is 0.230 e. The average molecular weight is 236 g/mol. The third kappa shape index (κ3) is 1.92. The van der Waals surface area contributed by atoms with E-state index in [1.54, 1.807) is 12.6 Å². The van der Waals surface area contributed by atoms with Gasteiger partial charge in [0.05, 0.1) is 11.6 Å². The highest BCUT2D eigenvalue weighted by Crippen LogP contribution is 2.32. The van der Waals surface area contributed by atoms with Crippen molar-refractivity contribution in [2.75, 3.05) is 13.2 Å². The van der Waals surface area contributed by atoms with Gasteiger partial charge in [-0.25, -0.2) is 9.97 Å². The second kappa shape index (κ2) is 4.43. The van der Waals surface area contributed by atoms with Gasteiger partial charge < -0.3 is 9.15 Å². The summed E-state index contributed by atoms with van der Waals surface area (Å²) in [6, 6.07) is 1.93. The molecule has 0 N–H and O–H groups in total. The summed E-state index contributed by atoms with van der Waals surface area (Å²) in [4.78, 5) is 8.40. The van der Waals surface area contributed by atoms with Gasteiger partial charge in [0.15, 0.2) is 0 Å². The average Bonchev–Trinajstić information content (AvgIpc) is 2.80. The molecule has 0 aromatic carbocycles.